The normalized spacial score (nSPS) is 15.3. The van der Waals surface area contributed by atoms with Gasteiger partial charge in [0.15, 0.2) is 5.76 Å². The van der Waals surface area contributed by atoms with Crippen molar-refractivity contribution in [3.8, 4) is 17.3 Å². The Kier molecular flexibility index (Phi) is 4.47. The third-order valence-electron chi connectivity index (χ3n) is 4.97. The van der Waals surface area contributed by atoms with Gasteiger partial charge in [0.25, 0.3) is 5.91 Å². The number of pyridine rings is 1. The molecule has 0 saturated carbocycles. The van der Waals surface area contributed by atoms with Crippen molar-refractivity contribution in [1.29, 1.82) is 0 Å². The zero-order valence-corrected chi connectivity index (χ0v) is 16.5. The second-order valence-corrected chi connectivity index (χ2v) is 7.03. The Morgan fingerprint density at radius 2 is 2.03 bits per heavy atom. The highest BCUT2D eigenvalue weighted by Gasteiger charge is 2.34. The van der Waals surface area contributed by atoms with Crippen LogP contribution in [0.1, 0.15) is 18.5 Å². The average molecular weight is 414 g/mol. The van der Waals surface area contributed by atoms with Gasteiger partial charge in [-0.2, -0.15) is 4.98 Å². The number of rotatable bonds is 4. The quantitative estimate of drug-likeness (QED) is 0.467. The number of aromatic hydroxyl groups is 1. The van der Waals surface area contributed by atoms with E-state index in [9.17, 15) is 9.90 Å². The molecule has 9 nitrogen and oxygen atoms in total. The van der Waals surface area contributed by atoms with Gasteiger partial charge in [-0.15, -0.1) is 5.10 Å². The number of nitrogens with one attached hydrogen (secondary N) is 2. The number of furan rings is 1. The predicted octanol–water partition coefficient (Wildman–Crippen LogP) is 3.57. The smallest absolute Gasteiger partial charge is 0.255 e. The average Bonchev–Trinajstić information content (AvgIpc) is 3.44. The largest absolute Gasteiger partial charge is 0.508 e. The summed E-state index contributed by atoms with van der Waals surface area (Å²) in [6.45, 7) is 1.82. The number of carbonyl (C=O) groups is 1. The van der Waals surface area contributed by atoms with Gasteiger partial charge >= 0.3 is 0 Å². The fraction of sp³-hybridized carbons (Fsp3) is 0.0909. The molecule has 31 heavy (non-hydrogen) atoms. The second kappa shape index (κ2) is 7.45. The number of hydrogen-bond acceptors (Lipinski definition) is 7. The molecule has 1 aliphatic rings. The summed E-state index contributed by atoms with van der Waals surface area (Å²) in [4.78, 5) is 21.9. The van der Waals surface area contributed by atoms with Gasteiger partial charge < -0.3 is 20.2 Å². The van der Waals surface area contributed by atoms with Crippen molar-refractivity contribution in [2.75, 3.05) is 10.6 Å². The van der Waals surface area contributed by atoms with Crippen molar-refractivity contribution >= 4 is 17.5 Å². The van der Waals surface area contributed by atoms with Gasteiger partial charge in [-0.1, -0.05) is 12.1 Å². The molecule has 3 aromatic heterocycles. The first-order valence-electron chi connectivity index (χ1n) is 9.58. The van der Waals surface area contributed by atoms with Crippen LogP contribution < -0.4 is 10.6 Å². The fourth-order valence-corrected chi connectivity index (χ4v) is 3.56. The highest BCUT2D eigenvalue weighted by atomic mass is 16.3. The first-order chi connectivity index (χ1) is 15.1. The van der Waals surface area contributed by atoms with Crippen LogP contribution in [-0.4, -0.2) is 30.8 Å². The van der Waals surface area contributed by atoms with Crippen LogP contribution in [0.15, 0.2) is 82.9 Å². The van der Waals surface area contributed by atoms with Gasteiger partial charge in [-0.25, -0.2) is 4.68 Å². The van der Waals surface area contributed by atoms with Gasteiger partial charge in [-0.05, 0) is 48.9 Å². The topological polar surface area (TPSA) is 118 Å². The third kappa shape index (κ3) is 3.42. The minimum atomic E-state index is -0.565. The summed E-state index contributed by atoms with van der Waals surface area (Å²) < 4.78 is 7.08. The zero-order valence-electron chi connectivity index (χ0n) is 16.5. The molecule has 0 radical (unpaired) electrons. The number of carbonyl (C=O) groups excluding carboxylic acids is 1. The van der Waals surface area contributed by atoms with Gasteiger partial charge in [0.1, 0.15) is 11.8 Å². The van der Waals surface area contributed by atoms with Crippen molar-refractivity contribution in [3.63, 3.8) is 0 Å². The Bertz CT molecular complexity index is 1260. The monoisotopic (exact) mass is 414 g/mol. The number of aromatic nitrogens is 4. The van der Waals surface area contributed by atoms with Gasteiger partial charge in [0.2, 0.25) is 11.8 Å². The summed E-state index contributed by atoms with van der Waals surface area (Å²) in [5.74, 6) is 1.25. The van der Waals surface area contributed by atoms with E-state index in [0.717, 1.165) is 5.56 Å². The van der Waals surface area contributed by atoms with E-state index >= 15 is 0 Å². The summed E-state index contributed by atoms with van der Waals surface area (Å²) in [6.07, 6.45) is 4.77. The van der Waals surface area contributed by atoms with Crippen LogP contribution in [0.3, 0.4) is 0 Å². The van der Waals surface area contributed by atoms with E-state index < -0.39 is 6.04 Å². The van der Waals surface area contributed by atoms with E-state index in [2.05, 4.69) is 25.7 Å². The van der Waals surface area contributed by atoms with Crippen molar-refractivity contribution in [2.24, 2.45) is 0 Å². The van der Waals surface area contributed by atoms with E-state index in [1.807, 2.05) is 6.92 Å². The molecule has 4 heterocycles. The lowest BCUT2D eigenvalue weighted by atomic mass is 9.95. The molecule has 1 unspecified atom stereocenters. The molecule has 3 N–H and O–H groups in total. The SMILES string of the molecule is CC1=C(C(=O)Nc2cccnc2)C(c2ccc(O)cc2)n2nc(-c3ccco3)nc2N1. The lowest BCUT2D eigenvalue weighted by molar-refractivity contribution is -0.113. The maximum absolute atomic E-state index is 13.3. The first-order valence-corrected chi connectivity index (χ1v) is 9.58. The molecule has 0 spiro atoms. The maximum Gasteiger partial charge on any atom is 0.255 e. The summed E-state index contributed by atoms with van der Waals surface area (Å²) in [5.41, 5.74) is 2.47. The Labute approximate surface area is 177 Å². The van der Waals surface area contributed by atoms with E-state index in [0.29, 0.717) is 34.5 Å². The Morgan fingerprint density at radius 1 is 1.19 bits per heavy atom. The van der Waals surface area contributed by atoms with Crippen molar-refractivity contribution < 1.29 is 14.3 Å². The number of nitrogens with zero attached hydrogens (tertiary/aromatic N) is 4. The number of anilines is 2. The highest BCUT2D eigenvalue weighted by Crippen LogP contribution is 2.37. The molecule has 5 rings (SSSR count). The lowest BCUT2D eigenvalue weighted by Crippen LogP contribution is -2.31. The highest BCUT2D eigenvalue weighted by molar-refractivity contribution is 6.05. The summed E-state index contributed by atoms with van der Waals surface area (Å²) in [5, 5.41) is 20.4. The van der Waals surface area contributed by atoms with E-state index in [1.54, 1.807) is 71.9 Å². The zero-order chi connectivity index (χ0) is 21.4. The summed E-state index contributed by atoms with van der Waals surface area (Å²) in [7, 11) is 0. The number of benzene rings is 1. The molecule has 0 saturated heterocycles. The van der Waals surface area contributed by atoms with E-state index in [1.165, 1.54) is 0 Å². The van der Waals surface area contributed by atoms with Crippen LogP contribution in [0.25, 0.3) is 11.6 Å². The number of amides is 1. The molecule has 1 aromatic carbocycles. The molecule has 4 aromatic rings. The fourth-order valence-electron chi connectivity index (χ4n) is 3.56. The van der Waals surface area contributed by atoms with Crippen LogP contribution in [-0.2, 0) is 4.79 Å². The van der Waals surface area contributed by atoms with Gasteiger partial charge in [0.05, 0.1) is 23.7 Å². The van der Waals surface area contributed by atoms with Crippen LogP contribution in [0.5, 0.6) is 5.75 Å². The Morgan fingerprint density at radius 3 is 2.74 bits per heavy atom. The first kappa shape index (κ1) is 18.6. The van der Waals surface area contributed by atoms with Gasteiger partial charge in [0, 0.05) is 11.9 Å². The Hall–Kier alpha value is -4.40. The number of phenols is 1. The molecule has 1 aliphatic heterocycles. The maximum atomic E-state index is 13.3. The minimum Gasteiger partial charge on any atom is -0.508 e. The van der Waals surface area contributed by atoms with Crippen LogP contribution in [0, 0.1) is 0 Å². The third-order valence-corrected chi connectivity index (χ3v) is 4.97. The van der Waals surface area contributed by atoms with E-state index in [-0.39, 0.29) is 11.7 Å². The Balaban J connectivity index is 1.60. The number of hydrogen-bond donors (Lipinski definition) is 3. The number of allylic oxidation sites excluding steroid dienone is 1. The van der Waals surface area contributed by atoms with Crippen LogP contribution in [0.2, 0.25) is 0 Å². The van der Waals surface area contributed by atoms with Crippen LogP contribution in [0.4, 0.5) is 11.6 Å². The molecule has 0 aliphatic carbocycles. The molecular weight excluding hydrogens is 396 g/mol. The standard InChI is InChI=1S/C22H18N6O3/c1-13-18(21(30)25-15-4-2-10-23-12-15)19(14-6-8-16(29)9-7-14)28-22(24-13)26-20(27-28)17-5-3-11-31-17/h2-12,19,29H,1H3,(H,25,30)(H,24,26,27). The number of fused-ring (bicyclic) bond motifs is 1. The number of phenolic OH excluding ortho intramolecular Hbond substituents is 1. The lowest BCUT2D eigenvalue weighted by Gasteiger charge is -2.28. The second-order valence-electron chi connectivity index (χ2n) is 7.03. The molecule has 154 valence electrons. The molecule has 0 bridgehead atoms. The van der Waals surface area contributed by atoms with Crippen molar-refractivity contribution in [2.45, 2.75) is 13.0 Å². The van der Waals surface area contributed by atoms with Crippen molar-refractivity contribution in [1.82, 2.24) is 19.7 Å². The van der Waals surface area contributed by atoms with Crippen LogP contribution >= 0.6 is 0 Å². The summed E-state index contributed by atoms with van der Waals surface area (Å²) >= 11 is 0. The van der Waals surface area contributed by atoms with E-state index in [4.69, 9.17) is 4.42 Å². The minimum absolute atomic E-state index is 0.134. The summed E-state index contributed by atoms with van der Waals surface area (Å²) in [6, 6.07) is 13.2. The van der Waals surface area contributed by atoms with Crippen molar-refractivity contribution in [3.05, 3.63) is 84.0 Å². The molecule has 1 atom stereocenters. The molecular formula is C22H18N6O3. The molecule has 9 heteroatoms. The molecule has 0 fully saturated rings. The predicted molar refractivity (Wildman–Crippen MR) is 113 cm³/mol. The molecule has 1 amide bonds. The van der Waals surface area contributed by atoms with Gasteiger partial charge in [-0.3, -0.25) is 9.78 Å².